The molecule has 166 valence electrons. The molecule has 2 aromatic carbocycles. The van der Waals surface area contributed by atoms with Crippen LogP contribution in [-0.2, 0) is 17.7 Å². The number of methoxy groups -OCH3 is 1. The number of ether oxygens (including phenoxy) is 1. The molecule has 1 aliphatic heterocycles. The third kappa shape index (κ3) is 4.79. The lowest BCUT2D eigenvalue weighted by molar-refractivity contribution is 0.109. The summed E-state index contributed by atoms with van der Waals surface area (Å²) in [6.45, 7) is 5.63. The van der Waals surface area contributed by atoms with Gasteiger partial charge in [0, 0.05) is 37.3 Å². The molecule has 5 nitrogen and oxygen atoms in total. The Morgan fingerprint density at radius 1 is 1.19 bits per heavy atom. The number of likely N-dealkylation sites (tertiary alicyclic amines) is 1. The highest BCUT2D eigenvalue weighted by Gasteiger charge is 2.23. The zero-order chi connectivity index (χ0) is 21.8. The first-order chi connectivity index (χ1) is 15.1. The minimum Gasteiger partial charge on any atom is -0.507 e. The number of para-hydroxylation sites is 1. The molecule has 0 spiro atoms. The van der Waals surface area contributed by atoms with E-state index in [4.69, 9.17) is 10.5 Å². The number of hydrogen-bond donors (Lipinski definition) is 3. The van der Waals surface area contributed by atoms with Crippen LogP contribution in [-0.4, -0.2) is 41.7 Å². The maximum Gasteiger partial charge on any atom is 0.122 e. The van der Waals surface area contributed by atoms with E-state index in [1.54, 1.807) is 7.11 Å². The van der Waals surface area contributed by atoms with E-state index in [9.17, 15) is 5.11 Å². The second kappa shape index (κ2) is 9.86. The van der Waals surface area contributed by atoms with Crippen molar-refractivity contribution in [1.29, 1.82) is 0 Å². The van der Waals surface area contributed by atoms with E-state index in [1.165, 1.54) is 29.3 Å². The second-order valence-corrected chi connectivity index (χ2v) is 8.88. The normalized spacial score (nSPS) is 16.7. The van der Waals surface area contributed by atoms with Gasteiger partial charge in [-0.25, -0.2) is 0 Å². The number of nitrogens with one attached hydrogen (secondary N) is 1. The Hall–Kier alpha value is -2.34. The van der Waals surface area contributed by atoms with E-state index >= 15 is 0 Å². The van der Waals surface area contributed by atoms with E-state index in [2.05, 4.69) is 46.4 Å². The molecule has 1 aliphatic rings. The predicted molar refractivity (Wildman–Crippen MR) is 126 cm³/mol. The molecular formula is C26H35N3O2. The van der Waals surface area contributed by atoms with Crippen molar-refractivity contribution in [2.24, 2.45) is 11.7 Å². The number of phenolic OH excluding ortho intramolecular Hbond substituents is 1. The number of aromatic hydroxyl groups is 1. The third-order valence-corrected chi connectivity index (χ3v) is 6.94. The average Bonchev–Trinajstić information content (AvgIpc) is 3.20. The first-order valence-electron chi connectivity index (χ1n) is 11.4. The Kier molecular flexibility index (Phi) is 6.96. The molecule has 1 saturated heterocycles. The fraction of sp³-hybridized carbons (Fsp3) is 0.462. The predicted octanol–water partition coefficient (Wildman–Crippen LogP) is 4.67. The van der Waals surface area contributed by atoms with Gasteiger partial charge in [-0.2, -0.15) is 0 Å². The second-order valence-electron chi connectivity index (χ2n) is 8.88. The van der Waals surface area contributed by atoms with Crippen molar-refractivity contribution in [2.45, 2.75) is 45.3 Å². The van der Waals surface area contributed by atoms with Crippen molar-refractivity contribution in [3.05, 3.63) is 64.8 Å². The largest absolute Gasteiger partial charge is 0.507 e. The Morgan fingerprint density at radius 3 is 2.71 bits per heavy atom. The van der Waals surface area contributed by atoms with Crippen molar-refractivity contribution < 1.29 is 9.84 Å². The van der Waals surface area contributed by atoms with Crippen molar-refractivity contribution in [3.8, 4) is 5.75 Å². The molecule has 0 unspecified atom stereocenters. The van der Waals surface area contributed by atoms with Crippen LogP contribution in [0.15, 0.2) is 42.6 Å². The van der Waals surface area contributed by atoms with Gasteiger partial charge in [-0.1, -0.05) is 30.3 Å². The quantitative estimate of drug-likeness (QED) is 0.494. The molecule has 5 heteroatoms. The maximum atomic E-state index is 10.7. The Balaban J connectivity index is 1.35. The summed E-state index contributed by atoms with van der Waals surface area (Å²) in [5.74, 6) is 1.09. The fourth-order valence-electron chi connectivity index (χ4n) is 4.97. The van der Waals surface area contributed by atoms with Crippen LogP contribution in [0.5, 0.6) is 5.75 Å². The molecule has 31 heavy (non-hydrogen) atoms. The molecule has 0 saturated carbocycles. The van der Waals surface area contributed by atoms with Crippen LogP contribution in [0.1, 0.15) is 47.6 Å². The van der Waals surface area contributed by atoms with Crippen LogP contribution in [0.3, 0.4) is 0 Å². The molecule has 1 fully saturated rings. The van der Waals surface area contributed by atoms with E-state index in [1.807, 2.05) is 13.0 Å². The minimum absolute atomic E-state index is 0.167. The van der Waals surface area contributed by atoms with Gasteiger partial charge in [-0.3, -0.25) is 4.90 Å². The van der Waals surface area contributed by atoms with Gasteiger partial charge >= 0.3 is 0 Å². The number of nitrogens with two attached hydrogens (primary N) is 1. The Morgan fingerprint density at radius 2 is 1.97 bits per heavy atom. The Labute approximate surface area is 185 Å². The summed E-state index contributed by atoms with van der Waals surface area (Å²) in [4.78, 5) is 5.96. The molecule has 4 N–H and O–H groups in total. The molecule has 1 aromatic heterocycles. The molecule has 0 radical (unpaired) electrons. The Bertz CT molecular complexity index is 1000. The maximum absolute atomic E-state index is 10.7. The number of H-pyrrole nitrogens is 1. The molecule has 0 bridgehead atoms. The van der Waals surface area contributed by atoms with Gasteiger partial charge in [0.25, 0.3) is 0 Å². The van der Waals surface area contributed by atoms with Crippen LogP contribution in [0, 0.1) is 12.8 Å². The SMILES string of the molecule is CO[C@@H](CN)c1ccc(C)c(O)c1CCC1CCN(Cc2c[nH]c3ccccc23)CC1. The summed E-state index contributed by atoms with van der Waals surface area (Å²) < 4.78 is 5.56. The number of hydrogen-bond acceptors (Lipinski definition) is 4. The highest BCUT2D eigenvalue weighted by Crippen LogP contribution is 2.34. The first-order valence-corrected chi connectivity index (χ1v) is 11.4. The average molecular weight is 422 g/mol. The lowest BCUT2D eigenvalue weighted by Crippen LogP contribution is -2.33. The molecule has 3 aromatic rings. The topological polar surface area (TPSA) is 74.5 Å². The summed E-state index contributed by atoms with van der Waals surface area (Å²) in [6, 6.07) is 12.6. The zero-order valence-corrected chi connectivity index (χ0v) is 18.7. The van der Waals surface area contributed by atoms with Crippen LogP contribution in [0.25, 0.3) is 10.9 Å². The van der Waals surface area contributed by atoms with Crippen molar-refractivity contribution >= 4 is 10.9 Å². The molecule has 1 atom stereocenters. The number of nitrogens with zero attached hydrogens (tertiary/aromatic N) is 1. The molecule has 2 heterocycles. The number of aromatic amines is 1. The summed E-state index contributed by atoms with van der Waals surface area (Å²) in [5, 5.41) is 12.0. The number of phenols is 1. The van der Waals surface area contributed by atoms with Gasteiger partial charge in [0.05, 0.1) is 6.10 Å². The van der Waals surface area contributed by atoms with E-state index in [0.29, 0.717) is 18.2 Å². The van der Waals surface area contributed by atoms with Gasteiger partial charge < -0.3 is 20.6 Å². The van der Waals surface area contributed by atoms with Crippen LogP contribution in [0.4, 0.5) is 0 Å². The number of aryl methyl sites for hydroxylation is 1. The van der Waals surface area contributed by atoms with Gasteiger partial charge in [-0.05, 0) is 79.9 Å². The van der Waals surface area contributed by atoms with Crippen molar-refractivity contribution in [1.82, 2.24) is 9.88 Å². The van der Waals surface area contributed by atoms with Crippen LogP contribution < -0.4 is 5.73 Å². The third-order valence-electron chi connectivity index (χ3n) is 6.94. The number of fused-ring (bicyclic) bond motifs is 1. The monoisotopic (exact) mass is 421 g/mol. The highest BCUT2D eigenvalue weighted by atomic mass is 16.5. The van der Waals surface area contributed by atoms with Crippen molar-refractivity contribution in [3.63, 3.8) is 0 Å². The molecular weight excluding hydrogens is 386 g/mol. The highest BCUT2D eigenvalue weighted by molar-refractivity contribution is 5.82. The smallest absolute Gasteiger partial charge is 0.122 e. The lowest BCUT2D eigenvalue weighted by atomic mass is 9.87. The molecule has 0 amide bonds. The van der Waals surface area contributed by atoms with Crippen LogP contribution in [0.2, 0.25) is 0 Å². The lowest BCUT2D eigenvalue weighted by Gasteiger charge is -2.32. The van der Waals surface area contributed by atoms with Gasteiger partial charge in [-0.15, -0.1) is 0 Å². The summed E-state index contributed by atoms with van der Waals surface area (Å²) in [7, 11) is 1.68. The van der Waals surface area contributed by atoms with Crippen molar-refractivity contribution in [2.75, 3.05) is 26.7 Å². The van der Waals surface area contributed by atoms with E-state index < -0.39 is 0 Å². The van der Waals surface area contributed by atoms with E-state index in [-0.39, 0.29) is 6.10 Å². The summed E-state index contributed by atoms with van der Waals surface area (Å²) in [6.07, 6.45) is 6.35. The zero-order valence-electron chi connectivity index (χ0n) is 18.7. The number of rotatable bonds is 8. The minimum atomic E-state index is -0.167. The van der Waals surface area contributed by atoms with Crippen LogP contribution >= 0.6 is 0 Å². The number of benzene rings is 2. The molecule has 4 rings (SSSR count). The summed E-state index contributed by atoms with van der Waals surface area (Å²) in [5.41, 5.74) is 11.5. The fourth-order valence-corrected chi connectivity index (χ4v) is 4.97. The van der Waals surface area contributed by atoms with Gasteiger partial charge in [0.15, 0.2) is 0 Å². The van der Waals surface area contributed by atoms with Gasteiger partial charge in [0.2, 0.25) is 0 Å². The summed E-state index contributed by atoms with van der Waals surface area (Å²) >= 11 is 0. The van der Waals surface area contributed by atoms with Gasteiger partial charge in [0.1, 0.15) is 5.75 Å². The first kappa shape index (κ1) is 21.9. The number of piperidine rings is 1. The molecule has 0 aliphatic carbocycles. The number of aromatic nitrogens is 1. The standard InChI is InChI=1S/C26H35N3O2/c1-18-7-9-22(25(15-27)31-2)23(26(18)30)10-8-19-11-13-29(14-12-19)17-20-16-28-24-6-4-3-5-21(20)24/h3-7,9,16,19,25,28,30H,8,10-15,17,27H2,1-2H3/t25-/m0/s1. The van der Waals surface area contributed by atoms with E-state index in [0.717, 1.165) is 49.2 Å².